The van der Waals surface area contributed by atoms with Crippen LogP contribution in [0.2, 0.25) is 5.02 Å². The van der Waals surface area contributed by atoms with E-state index in [0.29, 0.717) is 29.6 Å². The minimum Gasteiger partial charge on any atom is -0.365 e. The van der Waals surface area contributed by atoms with Gasteiger partial charge < -0.3 is 15.6 Å². The van der Waals surface area contributed by atoms with Crippen LogP contribution in [-0.2, 0) is 6.42 Å². The summed E-state index contributed by atoms with van der Waals surface area (Å²) in [7, 11) is 0. The average molecular weight is 268 g/mol. The maximum atomic E-state index is 11.6. The van der Waals surface area contributed by atoms with Gasteiger partial charge in [-0.15, -0.1) is 0 Å². The van der Waals surface area contributed by atoms with Crippen LogP contribution in [0.3, 0.4) is 0 Å². The normalized spacial score (nSPS) is 10.3. The summed E-state index contributed by atoms with van der Waals surface area (Å²) in [5.74, 6) is 0.159. The Hall–Kier alpha value is -2.15. The fourth-order valence-corrected chi connectivity index (χ4v) is 1.37. The number of pyridine rings is 1. The lowest BCUT2D eigenvalue weighted by atomic mass is 10.3. The molecule has 0 saturated carbocycles. The van der Waals surface area contributed by atoms with Gasteiger partial charge >= 0.3 is 0 Å². The molecule has 18 heavy (non-hydrogen) atoms. The van der Waals surface area contributed by atoms with Gasteiger partial charge in [0.25, 0.3) is 11.9 Å². The molecule has 0 fully saturated rings. The van der Waals surface area contributed by atoms with E-state index in [1.807, 2.05) is 0 Å². The number of nitrogens with zero attached hydrogens (tertiary/aromatic N) is 3. The van der Waals surface area contributed by atoms with E-state index < -0.39 is 0 Å². The van der Waals surface area contributed by atoms with E-state index in [-0.39, 0.29) is 11.9 Å². The van der Waals surface area contributed by atoms with Crippen molar-refractivity contribution in [2.45, 2.75) is 6.42 Å². The highest BCUT2D eigenvalue weighted by Gasteiger charge is 2.08. The summed E-state index contributed by atoms with van der Waals surface area (Å²) in [6, 6.07) is 3.14. The summed E-state index contributed by atoms with van der Waals surface area (Å²) in [6.45, 7) is 0.352. The summed E-state index contributed by atoms with van der Waals surface area (Å²) in [6.07, 6.45) is 1.82. The van der Waals surface area contributed by atoms with Gasteiger partial charge in [-0.05, 0) is 17.3 Å². The Morgan fingerprint density at radius 2 is 2.33 bits per heavy atom. The van der Waals surface area contributed by atoms with E-state index in [2.05, 4.69) is 20.4 Å². The summed E-state index contributed by atoms with van der Waals surface area (Å²) < 4.78 is 4.80. The molecule has 0 aliphatic carbocycles. The summed E-state index contributed by atoms with van der Waals surface area (Å²) >= 11 is 5.67. The fourth-order valence-electron chi connectivity index (χ4n) is 1.25. The largest absolute Gasteiger partial charge is 0.365 e. The van der Waals surface area contributed by atoms with Crippen molar-refractivity contribution >= 4 is 23.5 Å². The highest BCUT2D eigenvalue weighted by Crippen LogP contribution is 2.06. The number of aromatic nitrogens is 3. The lowest BCUT2D eigenvalue weighted by Gasteiger charge is -2.02. The third-order valence-electron chi connectivity index (χ3n) is 2.07. The van der Waals surface area contributed by atoms with Gasteiger partial charge in [0.05, 0.1) is 5.02 Å². The Balaban J connectivity index is 1.83. The minimum atomic E-state index is -0.292. The maximum absolute atomic E-state index is 11.6. The monoisotopic (exact) mass is 267 g/mol. The molecule has 0 aromatic carbocycles. The van der Waals surface area contributed by atoms with Crippen LogP contribution < -0.4 is 11.1 Å². The molecule has 0 bridgehead atoms. The Labute approximate surface area is 107 Å². The van der Waals surface area contributed by atoms with Crippen molar-refractivity contribution in [3.05, 3.63) is 34.9 Å². The van der Waals surface area contributed by atoms with Crippen molar-refractivity contribution in [3.63, 3.8) is 0 Å². The zero-order valence-corrected chi connectivity index (χ0v) is 10.0. The van der Waals surface area contributed by atoms with Gasteiger partial charge in [-0.2, -0.15) is 4.98 Å². The number of halogens is 1. The van der Waals surface area contributed by atoms with Gasteiger partial charge in [-0.3, -0.25) is 4.79 Å². The number of hydrogen-bond donors (Lipinski definition) is 2. The maximum Gasteiger partial charge on any atom is 0.269 e. The number of carbonyl (C=O) groups is 1. The first-order valence-electron chi connectivity index (χ1n) is 5.13. The molecule has 2 aromatic rings. The van der Waals surface area contributed by atoms with Gasteiger partial charge in [0, 0.05) is 19.2 Å². The highest BCUT2D eigenvalue weighted by molar-refractivity contribution is 6.30. The molecule has 2 heterocycles. The second-order valence-corrected chi connectivity index (χ2v) is 3.85. The molecule has 0 aliphatic rings. The summed E-state index contributed by atoms with van der Waals surface area (Å²) in [5.41, 5.74) is 5.59. The van der Waals surface area contributed by atoms with Crippen molar-refractivity contribution in [3.8, 4) is 0 Å². The van der Waals surface area contributed by atoms with Gasteiger partial charge in [0.15, 0.2) is 0 Å². The quantitative estimate of drug-likeness (QED) is 0.843. The number of nitrogen functional groups attached to an aromatic ring is 1. The van der Waals surface area contributed by atoms with E-state index in [1.54, 1.807) is 12.1 Å². The van der Waals surface area contributed by atoms with Gasteiger partial charge in [0.2, 0.25) is 5.89 Å². The third kappa shape index (κ3) is 3.17. The molecular formula is C10H10ClN5O2. The van der Waals surface area contributed by atoms with Crippen LogP contribution in [0.1, 0.15) is 16.4 Å². The van der Waals surface area contributed by atoms with Crippen LogP contribution in [0.5, 0.6) is 0 Å². The van der Waals surface area contributed by atoms with Crippen molar-refractivity contribution < 1.29 is 9.32 Å². The zero-order chi connectivity index (χ0) is 13.0. The average Bonchev–Trinajstić information content (AvgIpc) is 2.76. The highest BCUT2D eigenvalue weighted by atomic mass is 35.5. The van der Waals surface area contributed by atoms with Crippen LogP contribution in [0.4, 0.5) is 5.95 Å². The van der Waals surface area contributed by atoms with E-state index in [9.17, 15) is 4.79 Å². The van der Waals surface area contributed by atoms with Crippen LogP contribution in [0.25, 0.3) is 0 Å². The van der Waals surface area contributed by atoms with Crippen molar-refractivity contribution in [1.29, 1.82) is 0 Å². The first-order chi connectivity index (χ1) is 8.65. The third-order valence-corrected chi connectivity index (χ3v) is 2.29. The molecule has 7 nitrogen and oxygen atoms in total. The van der Waals surface area contributed by atoms with Crippen molar-refractivity contribution in [1.82, 2.24) is 20.4 Å². The van der Waals surface area contributed by atoms with E-state index >= 15 is 0 Å². The zero-order valence-electron chi connectivity index (χ0n) is 9.26. The van der Waals surface area contributed by atoms with E-state index in [4.69, 9.17) is 21.9 Å². The first-order valence-corrected chi connectivity index (χ1v) is 5.51. The second kappa shape index (κ2) is 5.46. The number of hydrogen-bond acceptors (Lipinski definition) is 6. The first kappa shape index (κ1) is 12.3. The molecule has 3 N–H and O–H groups in total. The predicted octanol–water partition coefficient (Wildman–Crippen LogP) is 0.673. The number of nitrogens with two attached hydrogens (primary N) is 1. The Morgan fingerprint density at radius 3 is 2.94 bits per heavy atom. The number of amides is 1. The van der Waals surface area contributed by atoms with Gasteiger partial charge in [-0.25, -0.2) is 4.98 Å². The van der Waals surface area contributed by atoms with Gasteiger partial charge in [-0.1, -0.05) is 11.6 Å². The number of rotatable bonds is 4. The molecule has 94 valence electrons. The smallest absolute Gasteiger partial charge is 0.269 e. The number of carbonyl (C=O) groups excluding carboxylic acids is 1. The van der Waals surface area contributed by atoms with Crippen molar-refractivity contribution in [2.75, 3.05) is 12.3 Å². The molecule has 1 amide bonds. The molecule has 0 spiro atoms. The number of anilines is 1. The molecule has 0 saturated heterocycles. The molecule has 2 aromatic heterocycles. The second-order valence-electron chi connectivity index (χ2n) is 3.41. The SMILES string of the molecule is Nc1noc(CCNC(=O)c2ccc(Cl)cn2)n1. The molecule has 0 atom stereocenters. The number of nitrogens with one attached hydrogen (secondary N) is 1. The summed E-state index contributed by atoms with van der Waals surface area (Å²) in [4.78, 5) is 19.3. The standard InChI is InChI=1S/C10H10ClN5O2/c11-6-1-2-7(14-5-6)9(17)13-4-3-8-15-10(12)16-18-8/h1-2,5H,3-4H2,(H2,12,16)(H,13,17). The van der Waals surface area contributed by atoms with E-state index in [1.165, 1.54) is 6.20 Å². The van der Waals surface area contributed by atoms with E-state index in [0.717, 1.165) is 0 Å². The molecule has 2 rings (SSSR count). The van der Waals surface area contributed by atoms with Crippen molar-refractivity contribution in [2.24, 2.45) is 0 Å². The Kier molecular flexibility index (Phi) is 3.73. The topological polar surface area (TPSA) is 107 Å². The lowest BCUT2D eigenvalue weighted by Crippen LogP contribution is -2.26. The van der Waals surface area contributed by atoms with Crippen LogP contribution >= 0.6 is 11.6 Å². The Morgan fingerprint density at radius 1 is 1.50 bits per heavy atom. The molecular weight excluding hydrogens is 258 g/mol. The molecule has 0 unspecified atom stereocenters. The molecule has 0 radical (unpaired) electrons. The lowest BCUT2D eigenvalue weighted by molar-refractivity contribution is 0.0948. The molecule has 8 heteroatoms. The van der Waals surface area contributed by atoms with Crippen LogP contribution in [-0.4, -0.2) is 27.6 Å². The minimum absolute atomic E-state index is 0.0793. The molecule has 0 aliphatic heterocycles. The fraction of sp³-hybridized carbons (Fsp3) is 0.200. The summed E-state index contributed by atoms with van der Waals surface area (Å²) in [5, 5.41) is 6.58. The Bertz CT molecular complexity index is 539. The van der Waals surface area contributed by atoms with Crippen LogP contribution in [0.15, 0.2) is 22.9 Å². The predicted molar refractivity (Wildman–Crippen MR) is 64.0 cm³/mol. The van der Waals surface area contributed by atoms with Crippen LogP contribution in [0, 0.1) is 0 Å². The van der Waals surface area contributed by atoms with Gasteiger partial charge in [0.1, 0.15) is 5.69 Å².